The summed E-state index contributed by atoms with van der Waals surface area (Å²) >= 11 is 0. The fourth-order valence-corrected chi connectivity index (χ4v) is 5.22. The van der Waals surface area contributed by atoms with Gasteiger partial charge in [-0.25, -0.2) is 4.98 Å². The molecule has 1 aromatic carbocycles. The zero-order valence-corrected chi connectivity index (χ0v) is 20.7. The van der Waals surface area contributed by atoms with Crippen LogP contribution in [-0.2, 0) is 10.9 Å². The maximum atomic E-state index is 13.6. The Hall–Kier alpha value is -3.33. The van der Waals surface area contributed by atoms with Crippen LogP contribution in [0.4, 0.5) is 19.0 Å². The fraction of sp³-hybridized carbons (Fsp3) is 0.462. The third kappa shape index (κ3) is 5.37. The molecule has 8 nitrogen and oxygen atoms in total. The van der Waals surface area contributed by atoms with Gasteiger partial charge in [0.05, 0.1) is 36.5 Å². The van der Waals surface area contributed by atoms with Crippen LogP contribution in [0.1, 0.15) is 22.7 Å². The Morgan fingerprint density at radius 2 is 1.76 bits per heavy atom. The number of aromatic nitrogens is 1. The molecule has 0 saturated carbocycles. The molecular formula is C26H30F3N7O. The van der Waals surface area contributed by atoms with E-state index in [0.717, 1.165) is 30.5 Å². The van der Waals surface area contributed by atoms with Crippen LogP contribution in [0.2, 0.25) is 0 Å². The minimum absolute atomic E-state index is 0.0163. The largest absolute Gasteiger partial charge is 0.419 e. The minimum Gasteiger partial charge on any atom is -0.379 e. The molecule has 11 heteroatoms. The summed E-state index contributed by atoms with van der Waals surface area (Å²) in [6.07, 6.45) is -0.990. The predicted octanol–water partition coefficient (Wildman–Crippen LogP) is 2.83. The normalized spacial score (nSPS) is 23.8. The van der Waals surface area contributed by atoms with Crippen LogP contribution in [0.5, 0.6) is 0 Å². The van der Waals surface area contributed by atoms with Crippen LogP contribution in [-0.4, -0.2) is 85.5 Å². The van der Waals surface area contributed by atoms with Crippen molar-refractivity contribution >= 4 is 5.82 Å². The fourth-order valence-electron chi connectivity index (χ4n) is 5.22. The van der Waals surface area contributed by atoms with Gasteiger partial charge in [-0.2, -0.15) is 18.4 Å². The van der Waals surface area contributed by atoms with Gasteiger partial charge in [-0.1, -0.05) is 12.1 Å². The molecule has 0 aliphatic carbocycles. The van der Waals surface area contributed by atoms with Crippen LogP contribution < -0.4 is 10.2 Å². The Morgan fingerprint density at radius 3 is 2.46 bits per heavy atom. The molecule has 2 saturated heterocycles. The number of anilines is 1. The highest BCUT2D eigenvalue weighted by atomic mass is 19.4. The van der Waals surface area contributed by atoms with E-state index >= 15 is 0 Å². The number of benzene rings is 1. The second kappa shape index (κ2) is 10.6. The second-order valence-corrected chi connectivity index (χ2v) is 9.41. The van der Waals surface area contributed by atoms with Crippen molar-refractivity contribution in [3.8, 4) is 6.07 Å². The number of hydrogen-bond donors (Lipinski definition) is 1. The van der Waals surface area contributed by atoms with Crippen molar-refractivity contribution in [1.82, 2.24) is 25.0 Å². The van der Waals surface area contributed by atoms with Gasteiger partial charge in [-0.05, 0) is 43.0 Å². The van der Waals surface area contributed by atoms with E-state index in [1.807, 2.05) is 18.2 Å². The molecule has 0 radical (unpaired) electrons. The van der Waals surface area contributed by atoms with Crippen LogP contribution >= 0.6 is 0 Å². The Labute approximate surface area is 214 Å². The van der Waals surface area contributed by atoms with Crippen LogP contribution in [0.25, 0.3) is 0 Å². The van der Waals surface area contributed by atoms with Crippen LogP contribution in [0.3, 0.4) is 0 Å². The topological polar surface area (TPSA) is 70.9 Å². The molecule has 2 aromatic rings. The molecule has 1 N–H and O–H groups in total. The van der Waals surface area contributed by atoms with Gasteiger partial charge >= 0.3 is 6.18 Å². The summed E-state index contributed by atoms with van der Waals surface area (Å²) in [6.45, 7) is 4.83. The van der Waals surface area contributed by atoms with E-state index in [1.165, 1.54) is 12.3 Å². The van der Waals surface area contributed by atoms with Gasteiger partial charge in [0.2, 0.25) is 0 Å². The van der Waals surface area contributed by atoms with Crippen molar-refractivity contribution in [3.05, 3.63) is 71.2 Å². The standard InChI is InChI=1S/C26H30F3N7O/c1-33-22(20-5-2-4-19(16-20)18-30)17-23(32-25(33)36-12-14-37-15-13-36)34-8-10-35(11-9-34)24-21(26(27,28)29)6-3-7-31-24/h2-7,16-17,22,25,32H,8-15H2,1H3. The number of nitrogens with zero attached hydrogens (tertiary/aromatic N) is 6. The number of halogens is 3. The van der Waals surface area contributed by atoms with Crippen molar-refractivity contribution in [2.75, 3.05) is 64.4 Å². The van der Waals surface area contributed by atoms with Gasteiger partial charge in [0.15, 0.2) is 0 Å². The van der Waals surface area contributed by atoms with Crippen molar-refractivity contribution in [2.45, 2.75) is 18.5 Å². The van der Waals surface area contributed by atoms with Crippen molar-refractivity contribution in [3.63, 3.8) is 0 Å². The first-order valence-electron chi connectivity index (χ1n) is 12.4. The number of alkyl halides is 3. The number of likely N-dealkylation sites (N-methyl/N-ethyl adjacent to an activating group) is 1. The Bertz CT molecular complexity index is 1170. The highest BCUT2D eigenvalue weighted by molar-refractivity contribution is 5.49. The third-order valence-corrected chi connectivity index (χ3v) is 7.18. The molecule has 196 valence electrons. The van der Waals surface area contributed by atoms with E-state index in [9.17, 15) is 18.4 Å². The Kier molecular flexibility index (Phi) is 7.24. The number of rotatable bonds is 4. The summed E-state index contributed by atoms with van der Waals surface area (Å²) in [6, 6.07) is 12.2. The summed E-state index contributed by atoms with van der Waals surface area (Å²) in [5.41, 5.74) is 0.914. The van der Waals surface area contributed by atoms with Gasteiger partial charge in [-0.3, -0.25) is 9.80 Å². The summed E-state index contributed by atoms with van der Waals surface area (Å²) in [4.78, 5) is 12.5. The van der Waals surface area contributed by atoms with Gasteiger partial charge in [0.25, 0.3) is 0 Å². The number of nitriles is 1. The molecule has 37 heavy (non-hydrogen) atoms. The van der Waals surface area contributed by atoms with E-state index in [4.69, 9.17) is 4.74 Å². The molecule has 3 aliphatic heterocycles. The average molecular weight is 514 g/mol. The van der Waals surface area contributed by atoms with Gasteiger partial charge < -0.3 is 19.9 Å². The third-order valence-electron chi connectivity index (χ3n) is 7.18. The lowest BCUT2D eigenvalue weighted by Gasteiger charge is -2.49. The zero-order valence-electron chi connectivity index (χ0n) is 20.7. The van der Waals surface area contributed by atoms with E-state index in [-0.39, 0.29) is 18.1 Å². The zero-order chi connectivity index (χ0) is 26.0. The number of hydrogen-bond acceptors (Lipinski definition) is 8. The summed E-state index contributed by atoms with van der Waals surface area (Å²) in [5.74, 6) is 0.927. The number of ether oxygens (including phenoxy) is 1. The highest BCUT2D eigenvalue weighted by Crippen LogP contribution is 2.36. The van der Waals surface area contributed by atoms with Crippen molar-refractivity contribution in [1.29, 1.82) is 5.26 Å². The summed E-state index contributed by atoms with van der Waals surface area (Å²) in [7, 11) is 2.06. The average Bonchev–Trinajstić information content (AvgIpc) is 2.93. The van der Waals surface area contributed by atoms with E-state index in [2.05, 4.69) is 44.2 Å². The lowest BCUT2D eigenvalue weighted by Crippen LogP contribution is -2.62. The number of pyridine rings is 1. The molecular weight excluding hydrogens is 483 g/mol. The van der Waals surface area contributed by atoms with Crippen molar-refractivity contribution in [2.24, 2.45) is 0 Å². The second-order valence-electron chi connectivity index (χ2n) is 9.41. The quantitative estimate of drug-likeness (QED) is 0.670. The van der Waals surface area contributed by atoms with Gasteiger partial charge in [0, 0.05) is 45.5 Å². The maximum absolute atomic E-state index is 13.6. The van der Waals surface area contributed by atoms with Gasteiger partial charge in [-0.15, -0.1) is 0 Å². The molecule has 3 aliphatic rings. The Balaban J connectivity index is 1.39. The molecule has 2 atom stereocenters. The number of nitrogens with one attached hydrogen (secondary N) is 1. The molecule has 5 rings (SSSR count). The lowest BCUT2D eigenvalue weighted by molar-refractivity contribution is -0.137. The summed E-state index contributed by atoms with van der Waals surface area (Å²) in [5, 5.41) is 13.1. The van der Waals surface area contributed by atoms with E-state index in [1.54, 1.807) is 11.0 Å². The smallest absolute Gasteiger partial charge is 0.379 e. The maximum Gasteiger partial charge on any atom is 0.419 e. The number of morpholine rings is 1. The SMILES string of the molecule is CN1C(c2cccc(C#N)c2)C=C(N2CCN(c3ncccc3C(F)(F)F)CC2)NC1N1CCOCC1. The van der Waals surface area contributed by atoms with E-state index < -0.39 is 11.7 Å². The molecule has 0 amide bonds. The molecule has 1 aromatic heterocycles. The first kappa shape index (κ1) is 25.3. The van der Waals surface area contributed by atoms with Gasteiger partial charge in [0.1, 0.15) is 17.9 Å². The first-order valence-corrected chi connectivity index (χ1v) is 12.4. The lowest BCUT2D eigenvalue weighted by atomic mass is 10.0. The van der Waals surface area contributed by atoms with Crippen LogP contribution in [0, 0.1) is 11.3 Å². The first-order chi connectivity index (χ1) is 17.8. The van der Waals surface area contributed by atoms with Crippen LogP contribution in [0.15, 0.2) is 54.5 Å². The Morgan fingerprint density at radius 1 is 1.03 bits per heavy atom. The highest BCUT2D eigenvalue weighted by Gasteiger charge is 2.38. The van der Waals surface area contributed by atoms with Crippen molar-refractivity contribution < 1.29 is 17.9 Å². The molecule has 0 bridgehead atoms. The predicted molar refractivity (Wildman–Crippen MR) is 132 cm³/mol. The number of piperazine rings is 1. The molecule has 4 heterocycles. The summed E-state index contributed by atoms with van der Waals surface area (Å²) < 4.78 is 46.2. The van der Waals surface area contributed by atoms with E-state index in [0.29, 0.717) is 45.0 Å². The molecule has 2 unspecified atom stereocenters. The molecule has 0 spiro atoms. The minimum atomic E-state index is -4.45. The molecule has 2 fully saturated rings. The monoisotopic (exact) mass is 513 g/mol.